The Kier molecular flexibility index (Phi) is 6.16. The molecule has 0 radical (unpaired) electrons. The third kappa shape index (κ3) is 5.67. The first kappa shape index (κ1) is 17.5. The van der Waals surface area contributed by atoms with Crippen LogP contribution in [0.4, 0.5) is 0 Å². The van der Waals surface area contributed by atoms with Gasteiger partial charge in [-0.2, -0.15) is 0 Å². The van der Waals surface area contributed by atoms with Gasteiger partial charge in [0.2, 0.25) is 11.8 Å². The highest BCUT2D eigenvalue weighted by Gasteiger charge is 2.19. The van der Waals surface area contributed by atoms with Crippen LogP contribution in [-0.4, -0.2) is 42.9 Å². The second-order valence-electron chi connectivity index (χ2n) is 6.69. The lowest BCUT2D eigenvalue weighted by Crippen LogP contribution is -2.50. The van der Waals surface area contributed by atoms with E-state index in [0.717, 1.165) is 18.5 Å². The Balaban J connectivity index is 1.84. The van der Waals surface area contributed by atoms with Gasteiger partial charge >= 0.3 is 0 Å². The molecule has 23 heavy (non-hydrogen) atoms. The second kappa shape index (κ2) is 8.11. The molecule has 5 nitrogen and oxygen atoms in total. The molecule has 2 rings (SSSR count). The highest BCUT2D eigenvalue weighted by Crippen LogP contribution is 2.15. The summed E-state index contributed by atoms with van der Waals surface area (Å²) >= 11 is 0. The van der Waals surface area contributed by atoms with Gasteiger partial charge in [0.1, 0.15) is 0 Å². The molecule has 0 bridgehead atoms. The zero-order chi connectivity index (χ0) is 16.8. The Bertz CT molecular complexity index is 540. The standard InChI is InChI=1S/C18H27N3O2/c1-13(2)10-15-4-6-16(7-5-15)14(3)20-18(23)12-21-9-8-19-17(22)11-21/h4-7,13-14H,8-12H2,1-3H3,(H,19,22)(H,20,23). The van der Waals surface area contributed by atoms with Crippen LogP contribution in [0.1, 0.15) is 37.9 Å². The molecule has 1 heterocycles. The van der Waals surface area contributed by atoms with Crippen molar-refractivity contribution in [2.45, 2.75) is 33.2 Å². The molecule has 126 valence electrons. The summed E-state index contributed by atoms with van der Waals surface area (Å²) in [5.41, 5.74) is 2.42. The van der Waals surface area contributed by atoms with Gasteiger partial charge in [-0.05, 0) is 30.4 Å². The molecular weight excluding hydrogens is 290 g/mol. The van der Waals surface area contributed by atoms with Crippen molar-refractivity contribution >= 4 is 11.8 Å². The van der Waals surface area contributed by atoms with E-state index in [9.17, 15) is 9.59 Å². The molecule has 1 fully saturated rings. The number of nitrogens with one attached hydrogen (secondary N) is 2. The highest BCUT2D eigenvalue weighted by molar-refractivity contribution is 5.82. The average Bonchev–Trinajstić information content (AvgIpc) is 2.47. The van der Waals surface area contributed by atoms with Gasteiger partial charge in [-0.15, -0.1) is 0 Å². The van der Waals surface area contributed by atoms with Crippen molar-refractivity contribution in [1.82, 2.24) is 15.5 Å². The SMILES string of the molecule is CC(C)Cc1ccc(C(C)NC(=O)CN2CCNC(=O)C2)cc1. The Morgan fingerprint density at radius 2 is 1.96 bits per heavy atom. The fourth-order valence-corrected chi connectivity index (χ4v) is 2.81. The summed E-state index contributed by atoms with van der Waals surface area (Å²) in [5, 5.41) is 5.76. The first-order chi connectivity index (χ1) is 10.9. The minimum Gasteiger partial charge on any atom is -0.354 e. The third-order valence-corrected chi connectivity index (χ3v) is 3.99. The molecule has 1 saturated heterocycles. The smallest absolute Gasteiger partial charge is 0.234 e. The van der Waals surface area contributed by atoms with Crippen molar-refractivity contribution in [1.29, 1.82) is 0 Å². The van der Waals surface area contributed by atoms with Crippen molar-refractivity contribution in [3.63, 3.8) is 0 Å². The van der Waals surface area contributed by atoms with Crippen molar-refractivity contribution in [3.05, 3.63) is 35.4 Å². The van der Waals surface area contributed by atoms with E-state index in [-0.39, 0.29) is 24.4 Å². The molecule has 1 atom stereocenters. The minimum atomic E-state index is -0.0431. The first-order valence-electron chi connectivity index (χ1n) is 8.31. The summed E-state index contributed by atoms with van der Waals surface area (Å²) < 4.78 is 0. The van der Waals surface area contributed by atoms with Crippen LogP contribution < -0.4 is 10.6 Å². The maximum absolute atomic E-state index is 12.1. The van der Waals surface area contributed by atoms with Gasteiger partial charge < -0.3 is 10.6 Å². The monoisotopic (exact) mass is 317 g/mol. The lowest BCUT2D eigenvalue weighted by Gasteiger charge is -2.26. The van der Waals surface area contributed by atoms with Crippen LogP contribution in [0.25, 0.3) is 0 Å². The second-order valence-corrected chi connectivity index (χ2v) is 6.69. The van der Waals surface area contributed by atoms with Gasteiger partial charge in [0.05, 0.1) is 19.1 Å². The number of piperazine rings is 1. The average molecular weight is 317 g/mol. The number of carbonyl (C=O) groups excluding carboxylic acids is 2. The Labute approximate surface area is 138 Å². The molecule has 1 unspecified atom stereocenters. The van der Waals surface area contributed by atoms with Crippen LogP contribution >= 0.6 is 0 Å². The van der Waals surface area contributed by atoms with Crippen molar-refractivity contribution in [3.8, 4) is 0 Å². The summed E-state index contributed by atoms with van der Waals surface area (Å²) in [4.78, 5) is 25.3. The zero-order valence-corrected chi connectivity index (χ0v) is 14.3. The van der Waals surface area contributed by atoms with E-state index in [1.807, 2.05) is 11.8 Å². The van der Waals surface area contributed by atoms with Crippen molar-refractivity contribution in [2.24, 2.45) is 5.92 Å². The maximum atomic E-state index is 12.1. The zero-order valence-electron chi connectivity index (χ0n) is 14.3. The summed E-state index contributed by atoms with van der Waals surface area (Å²) in [6.45, 7) is 8.29. The summed E-state index contributed by atoms with van der Waals surface area (Å²) in [6.07, 6.45) is 1.07. The number of nitrogens with zero attached hydrogens (tertiary/aromatic N) is 1. The molecule has 1 aliphatic heterocycles. The van der Waals surface area contributed by atoms with Crippen LogP contribution in [0.15, 0.2) is 24.3 Å². The molecule has 2 N–H and O–H groups in total. The summed E-state index contributed by atoms with van der Waals surface area (Å²) in [6, 6.07) is 8.39. The molecule has 1 aromatic carbocycles. The molecule has 0 spiro atoms. The number of carbonyl (C=O) groups is 2. The molecule has 0 aromatic heterocycles. The first-order valence-corrected chi connectivity index (χ1v) is 8.31. The Morgan fingerprint density at radius 3 is 2.57 bits per heavy atom. The van der Waals surface area contributed by atoms with Crippen LogP contribution in [-0.2, 0) is 16.0 Å². The predicted molar refractivity (Wildman–Crippen MR) is 91.0 cm³/mol. The molecule has 5 heteroatoms. The summed E-state index contributed by atoms with van der Waals surface area (Å²) in [7, 11) is 0. The predicted octanol–water partition coefficient (Wildman–Crippen LogP) is 1.49. The van der Waals surface area contributed by atoms with Crippen LogP contribution in [0.2, 0.25) is 0 Å². The third-order valence-electron chi connectivity index (χ3n) is 3.99. The van der Waals surface area contributed by atoms with E-state index in [1.54, 1.807) is 0 Å². The van der Waals surface area contributed by atoms with E-state index in [0.29, 0.717) is 19.0 Å². The van der Waals surface area contributed by atoms with Gasteiger partial charge in [-0.3, -0.25) is 14.5 Å². The maximum Gasteiger partial charge on any atom is 0.234 e. The quantitative estimate of drug-likeness (QED) is 0.836. The fourth-order valence-electron chi connectivity index (χ4n) is 2.81. The molecule has 1 aromatic rings. The molecular formula is C18H27N3O2. The van der Waals surface area contributed by atoms with Crippen molar-refractivity contribution in [2.75, 3.05) is 26.2 Å². The highest BCUT2D eigenvalue weighted by atomic mass is 16.2. The van der Waals surface area contributed by atoms with E-state index in [4.69, 9.17) is 0 Å². The fraction of sp³-hybridized carbons (Fsp3) is 0.556. The lowest BCUT2D eigenvalue weighted by molar-refractivity contribution is -0.127. The van der Waals surface area contributed by atoms with Crippen LogP contribution in [0.5, 0.6) is 0 Å². The molecule has 0 saturated carbocycles. The number of amides is 2. The number of hydrogen-bond donors (Lipinski definition) is 2. The number of benzene rings is 1. The topological polar surface area (TPSA) is 61.4 Å². The van der Waals surface area contributed by atoms with Gasteiger partial charge in [0, 0.05) is 13.1 Å². The lowest BCUT2D eigenvalue weighted by atomic mass is 10.00. The van der Waals surface area contributed by atoms with E-state index < -0.39 is 0 Å². The van der Waals surface area contributed by atoms with Gasteiger partial charge in [0.25, 0.3) is 0 Å². The molecule has 1 aliphatic rings. The van der Waals surface area contributed by atoms with Crippen LogP contribution in [0.3, 0.4) is 0 Å². The molecule has 0 aliphatic carbocycles. The minimum absolute atomic E-state index is 0.0159. The Morgan fingerprint density at radius 1 is 1.26 bits per heavy atom. The van der Waals surface area contributed by atoms with Gasteiger partial charge in [-0.25, -0.2) is 0 Å². The van der Waals surface area contributed by atoms with Gasteiger partial charge in [-0.1, -0.05) is 38.1 Å². The number of rotatable bonds is 6. The van der Waals surface area contributed by atoms with E-state index in [2.05, 4.69) is 48.7 Å². The molecule has 2 amide bonds. The largest absolute Gasteiger partial charge is 0.354 e. The van der Waals surface area contributed by atoms with Crippen molar-refractivity contribution < 1.29 is 9.59 Å². The Hall–Kier alpha value is -1.88. The normalized spacial score (nSPS) is 17.0. The van der Waals surface area contributed by atoms with E-state index >= 15 is 0 Å². The van der Waals surface area contributed by atoms with Gasteiger partial charge in [0.15, 0.2) is 0 Å². The number of hydrogen-bond acceptors (Lipinski definition) is 3. The van der Waals surface area contributed by atoms with E-state index in [1.165, 1.54) is 5.56 Å². The summed E-state index contributed by atoms with van der Waals surface area (Å²) in [5.74, 6) is 0.580. The van der Waals surface area contributed by atoms with Crippen LogP contribution in [0, 0.1) is 5.92 Å².